The second-order valence-corrected chi connectivity index (χ2v) is 5.22. The summed E-state index contributed by atoms with van der Waals surface area (Å²) in [5.41, 5.74) is 1.87. The number of halogens is 2. The molecule has 1 unspecified atom stereocenters. The maximum absolute atomic E-state index is 10.8. The fraction of sp³-hybridized carbons (Fsp3) is 0.300. The number of hydrogen-bond donors (Lipinski definition) is 0. The van der Waals surface area contributed by atoms with Crippen LogP contribution in [0, 0.1) is 7.14 Å². The van der Waals surface area contributed by atoms with Gasteiger partial charge in [-0.2, -0.15) is 0 Å². The number of methoxy groups -OCH3 is 1. The van der Waals surface area contributed by atoms with Crippen molar-refractivity contribution in [3.05, 3.63) is 30.4 Å². The van der Waals surface area contributed by atoms with Gasteiger partial charge in [0.2, 0.25) is 0 Å². The molecule has 0 fully saturated rings. The third kappa shape index (κ3) is 2.66. The van der Waals surface area contributed by atoms with Gasteiger partial charge < -0.3 is 4.74 Å². The third-order valence-electron chi connectivity index (χ3n) is 2.04. The van der Waals surface area contributed by atoms with Crippen LogP contribution >= 0.6 is 45.2 Å². The van der Waals surface area contributed by atoms with Gasteiger partial charge in [-0.25, -0.2) is 0 Å². The van der Waals surface area contributed by atoms with Gasteiger partial charge in [-0.15, -0.1) is 0 Å². The number of ether oxygens (including phenoxy) is 1. The molecule has 0 N–H and O–H groups in total. The molecule has 0 bridgehead atoms. The van der Waals surface area contributed by atoms with E-state index in [4.69, 9.17) is 4.74 Å². The summed E-state index contributed by atoms with van der Waals surface area (Å²) in [5.74, 6) is 0. The highest BCUT2D eigenvalue weighted by molar-refractivity contribution is 14.1. The predicted octanol–water partition coefficient (Wildman–Crippen LogP) is 3.42. The van der Waals surface area contributed by atoms with Gasteiger partial charge in [-0.05, 0) is 69.8 Å². The summed E-state index contributed by atoms with van der Waals surface area (Å²) in [6.07, 6.45) is 0.961. The molecule has 2 nitrogen and oxygen atoms in total. The normalized spacial score (nSPS) is 12.6. The summed E-state index contributed by atoms with van der Waals surface area (Å²) in [6.45, 7) is 1.99. The van der Waals surface area contributed by atoms with Crippen molar-refractivity contribution in [3.63, 3.8) is 0 Å². The second-order valence-electron chi connectivity index (χ2n) is 2.89. The third-order valence-corrected chi connectivity index (χ3v) is 3.83. The molecule has 0 amide bonds. The van der Waals surface area contributed by atoms with E-state index in [2.05, 4.69) is 45.2 Å². The molecule has 0 heterocycles. The van der Waals surface area contributed by atoms with Gasteiger partial charge in [0, 0.05) is 19.8 Å². The van der Waals surface area contributed by atoms with Crippen molar-refractivity contribution >= 4 is 51.5 Å². The molecule has 0 aliphatic rings. The zero-order chi connectivity index (χ0) is 10.7. The minimum Gasteiger partial charge on any atom is -0.377 e. The Morgan fingerprint density at radius 2 is 1.86 bits per heavy atom. The molecule has 0 aliphatic heterocycles. The molecule has 1 aromatic rings. The molecule has 0 saturated heterocycles. The number of rotatable bonds is 3. The van der Waals surface area contributed by atoms with E-state index in [0.29, 0.717) is 0 Å². The van der Waals surface area contributed by atoms with Crippen LogP contribution < -0.4 is 0 Å². The van der Waals surface area contributed by atoms with Gasteiger partial charge in [0.1, 0.15) is 0 Å². The summed E-state index contributed by atoms with van der Waals surface area (Å²) in [4.78, 5) is 10.8. The number of aldehydes is 1. The average molecular weight is 416 g/mol. The fourth-order valence-electron chi connectivity index (χ4n) is 1.09. The van der Waals surface area contributed by atoms with Crippen LogP contribution in [0.5, 0.6) is 0 Å². The van der Waals surface area contributed by atoms with Crippen molar-refractivity contribution in [3.8, 4) is 0 Å². The summed E-state index contributed by atoms with van der Waals surface area (Å²) < 4.78 is 7.18. The minimum absolute atomic E-state index is 0.0673. The summed E-state index contributed by atoms with van der Waals surface area (Å²) in [7, 11) is 1.68. The molecular formula is C10H10I2O2. The first kappa shape index (κ1) is 12.4. The number of benzene rings is 1. The van der Waals surface area contributed by atoms with Crippen molar-refractivity contribution in [2.24, 2.45) is 0 Å². The van der Waals surface area contributed by atoms with E-state index in [1.54, 1.807) is 7.11 Å². The molecular weight excluding hydrogens is 406 g/mol. The van der Waals surface area contributed by atoms with Crippen LogP contribution in [0.25, 0.3) is 0 Å². The van der Waals surface area contributed by atoms with Gasteiger partial charge in [0.15, 0.2) is 6.29 Å². The number of carbonyl (C=O) groups excluding carboxylic acids is 1. The summed E-state index contributed by atoms with van der Waals surface area (Å²) in [5, 5.41) is 0. The Bertz CT molecular complexity index is 327. The van der Waals surface area contributed by atoms with E-state index < -0.39 is 0 Å². The van der Waals surface area contributed by atoms with Gasteiger partial charge in [-0.1, -0.05) is 0 Å². The standard InChI is InChI=1S/C10H10I2O2/c1-6(14-2)7-3-9(11)8(5-13)10(12)4-7/h3-6H,1-2H3. The second kappa shape index (κ2) is 5.41. The van der Waals surface area contributed by atoms with Gasteiger partial charge in [0.25, 0.3) is 0 Å². The molecule has 0 radical (unpaired) electrons. The van der Waals surface area contributed by atoms with Crippen molar-refractivity contribution < 1.29 is 9.53 Å². The van der Waals surface area contributed by atoms with Crippen LogP contribution in [0.3, 0.4) is 0 Å². The lowest BCUT2D eigenvalue weighted by molar-refractivity contribution is 0.111. The maximum Gasteiger partial charge on any atom is 0.152 e. The average Bonchev–Trinajstić information content (AvgIpc) is 2.16. The van der Waals surface area contributed by atoms with Crippen LogP contribution in [-0.2, 0) is 4.74 Å². The molecule has 4 heteroatoms. The van der Waals surface area contributed by atoms with E-state index in [9.17, 15) is 4.79 Å². The summed E-state index contributed by atoms with van der Waals surface area (Å²) >= 11 is 4.34. The molecule has 0 aliphatic carbocycles. The first-order valence-corrected chi connectivity index (χ1v) is 6.22. The first-order valence-electron chi connectivity index (χ1n) is 4.07. The Labute approximate surface area is 111 Å². The maximum atomic E-state index is 10.8. The Morgan fingerprint density at radius 1 is 1.36 bits per heavy atom. The van der Waals surface area contributed by atoms with Crippen LogP contribution in [0.4, 0.5) is 0 Å². The lowest BCUT2D eigenvalue weighted by atomic mass is 10.1. The van der Waals surface area contributed by atoms with Gasteiger partial charge in [-0.3, -0.25) is 4.79 Å². The highest BCUT2D eigenvalue weighted by Gasteiger charge is 2.10. The molecule has 1 rings (SSSR count). The van der Waals surface area contributed by atoms with E-state index in [1.165, 1.54) is 0 Å². The van der Waals surface area contributed by atoms with Crippen molar-refractivity contribution in [2.75, 3.05) is 7.11 Å². The SMILES string of the molecule is COC(C)c1cc(I)c(C=O)c(I)c1. The van der Waals surface area contributed by atoms with Gasteiger partial charge >= 0.3 is 0 Å². The predicted molar refractivity (Wildman–Crippen MR) is 72.7 cm³/mol. The highest BCUT2D eigenvalue weighted by Crippen LogP contribution is 2.24. The number of hydrogen-bond acceptors (Lipinski definition) is 2. The fourth-order valence-corrected chi connectivity index (χ4v) is 3.16. The van der Waals surface area contributed by atoms with E-state index >= 15 is 0 Å². The van der Waals surface area contributed by atoms with Crippen molar-refractivity contribution in [1.29, 1.82) is 0 Å². The van der Waals surface area contributed by atoms with E-state index in [-0.39, 0.29) is 6.10 Å². The van der Waals surface area contributed by atoms with Gasteiger partial charge in [0.05, 0.1) is 6.10 Å². The zero-order valence-electron chi connectivity index (χ0n) is 7.88. The topological polar surface area (TPSA) is 26.3 Å². The van der Waals surface area contributed by atoms with Crippen molar-refractivity contribution in [1.82, 2.24) is 0 Å². The smallest absolute Gasteiger partial charge is 0.152 e. The van der Waals surface area contributed by atoms with Crippen LogP contribution in [0.15, 0.2) is 12.1 Å². The van der Waals surface area contributed by atoms with Crippen LogP contribution in [0.1, 0.15) is 28.9 Å². The van der Waals surface area contributed by atoms with E-state index in [0.717, 1.165) is 24.6 Å². The van der Waals surface area contributed by atoms with Crippen molar-refractivity contribution in [2.45, 2.75) is 13.0 Å². The van der Waals surface area contributed by atoms with Crippen LogP contribution in [-0.4, -0.2) is 13.4 Å². The Hall–Kier alpha value is 0.310. The monoisotopic (exact) mass is 416 g/mol. The quantitative estimate of drug-likeness (QED) is 0.558. The molecule has 0 aromatic heterocycles. The molecule has 14 heavy (non-hydrogen) atoms. The molecule has 76 valence electrons. The summed E-state index contributed by atoms with van der Waals surface area (Å²) in [6, 6.07) is 3.97. The Morgan fingerprint density at radius 3 is 2.21 bits per heavy atom. The largest absolute Gasteiger partial charge is 0.377 e. The number of carbonyl (C=O) groups is 1. The Balaban J connectivity index is 3.20. The lowest BCUT2D eigenvalue weighted by Crippen LogP contribution is -2.00. The Kier molecular flexibility index (Phi) is 4.78. The molecule has 1 atom stereocenters. The zero-order valence-corrected chi connectivity index (χ0v) is 12.2. The highest BCUT2D eigenvalue weighted by atomic mass is 127. The molecule has 0 spiro atoms. The minimum atomic E-state index is 0.0673. The van der Waals surface area contributed by atoms with E-state index in [1.807, 2.05) is 19.1 Å². The molecule has 0 saturated carbocycles. The lowest BCUT2D eigenvalue weighted by Gasteiger charge is -2.12. The molecule has 1 aromatic carbocycles. The first-order chi connectivity index (χ1) is 6.60. The van der Waals surface area contributed by atoms with Crippen LogP contribution in [0.2, 0.25) is 0 Å².